The molecule has 0 aliphatic rings. The zero-order valence-electron chi connectivity index (χ0n) is 19.6. The molecule has 0 atom stereocenters. The third-order valence-corrected chi connectivity index (χ3v) is 6.12. The van der Waals surface area contributed by atoms with Crippen LogP contribution in [0.2, 0.25) is 0 Å². The molecule has 2 aromatic carbocycles. The molecule has 0 unspecified atom stereocenters. The van der Waals surface area contributed by atoms with E-state index in [0.717, 1.165) is 48.8 Å². The van der Waals surface area contributed by atoms with Gasteiger partial charge in [-0.2, -0.15) is 0 Å². The summed E-state index contributed by atoms with van der Waals surface area (Å²) in [6.07, 6.45) is 0. The van der Waals surface area contributed by atoms with Gasteiger partial charge in [-0.15, -0.1) is 0 Å². The molecule has 6 nitrogen and oxygen atoms in total. The first-order valence-corrected chi connectivity index (χ1v) is 11.1. The fraction of sp³-hybridized carbons (Fsp3) is 0.480. The van der Waals surface area contributed by atoms with Crippen molar-refractivity contribution >= 4 is 21.9 Å². The lowest BCUT2D eigenvalue weighted by Crippen LogP contribution is -2.23. The summed E-state index contributed by atoms with van der Waals surface area (Å²) in [4.78, 5) is 18.0. The van der Waals surface area contributed by atoms with Gasteiger partial charge in [0.15, 0.2) is 0 Å². The summed E-state index contributed by atoms with van der Waals surface area (Å²) in [6.45, 7) is 13.4. The van der Waals surface area contributed by atoms with Crippen LogP contribution in [0, 0.1) is 0 Å². The molecular weight excluding hydrogens is 392 g/mol. The van der Waals surface area contributed by atoms with E-state index in [1.54, 1.807) is 26.4 Å². The molecule has 1 aromatic heterocycles. The predicted molar refractivity (Wildman–Crippen MR) is 126 cm³/mol. The van der Waals surface area contributed by atoms with Gasteiger partial charge in [-0.1, -0.05) is 27.7 Å². The third kappa shape index (κ3) is 4.41. The summed E-state index contributed by atoms with van der Waals surface area (Å²) in [5.41, 5.74) is 2.97. The average Bonchev–Trinajstić information content (AvgIpc) is 2.80. The van der Waals surface area contributed by atoms with Gasteiger partial charge in [0.2, 0.25) is 5.43 Å². The molecule has 0 N–H and O–H groups in total. The van der Waals surface area contributed by atoms with Crippen LogP contribution in [0.4, 0.5) is 0 Å². The fourth-order valence-corrected chi connectivity index (χ4v) is 4.08. The van der Waals surface area contributed by atoms with Gasteiger partial charge >= 0.3 is 0 Å². The normalized spacial score (nSPS) is 11.7. The summed E-state index contributed by atoms with van der Waals surface area (Å²) in [6, 6.07) is 7.34. The minimum atomic E-state index is -0.0249. The molecule has 31 heavy (non-hydrogen) atoms. The van der Waals surface area contributed by atoms with Crippen LogP contribution in [0.3, 0.4) is 0 Å². The first kappa shape index (κ1) is 23.1. The maximum atomic E-state index is 13.5. The van der Waals surface area contributed by atoms with Gasteiger partial charge in [0.25, 0.3) is 0 Å². The van der Waals surface area contributed by atoms with Crippen molar-refractivity contribution in [3.8, 4) is 11.5 Å². The van der Waals surface area contributed by atoms with E-state index in [2.05, 4.69) is 37.5 Å². The zero-order valence-corrected chi connectivity index (χ0v) is 19.6. The molecule has 0 bridgehead atoms. The second-order valence-corrected chi connectivity index (χ2v) is 7.60. The minimum Gasteiger partial charge on any atom is -0.496 e. The molecule has 168 valence electrons. The zero-order chi connectivity index (χ0) is 22.5. The van der Waals surface area contributed by atoms with E-state index in [9.17, 15) is 4.79 Å². The van der Waals surface area contributed by atoms with Crippen molar-refractivity contribution in [1.29, 1.82) is 0 Å². The second-order valence-electron chi connectivity index (χ2n) is 7.60. The highest BCUT2D eigenvalue weighted by molar-refractivity contribution is 5.94. The van der Waals surface area contributed by atoms with Gasteiger partial charge in [0.1, 0.15) is 22.7 Å². The summed E-state index contributed by atoms with van der Waals surface area (Å²) in [7, 11) is 3.31. The number of benzene rings is 2. The number of nitrogens with zero attached hydrogens (tertiary/aromatic N) is 2. The molecule has 0 fully saturated rings. The summed E-state index contributed by atoms with van der Waals surface area (Å²) in [5.74, 6) is 1.46. The molecule has 0 radical (unpaired) electrons. The van der Waals surface area contributed by atoms with E-state index in [4.69, 9.17) is 13.9 Å². The first-order valence-electron chi connectivity index (χ1n) is 11.1. The van der Waals surface area contributed by atoms with Crippen molar-refractivity contribution < 1.29 is 13.9 Å². The predicted octanol–water partition coefficient (Wildman–Crippen LogP) is 4.65. The standard InChI is InChI=1S/C25H34N2O4/c1-7-26(8-2)15-19-21(29-5)13-11-17-23(28)18-12-14-22(30-6)20(16-27(9-3)10-4)25(18)31-24(17)19/h11-14H,7-10,15-16H2,1-6H3. The Morgan fingerprint density at radius 3 is 1.42 bits per heavy atom. The van der Waals surface area contributed by atoms with E-state index < -0.39 is 0 Å². The summed E-state index contributed by atoms with van der Waals surface area (Å²) in [5, 5.41) is 1.16. The van der Waals surface area contributed by atoms with Gasteiger partial charge in [-0.3, -0.25) is 14.6 Å². The Morgan fingerprint density at radius 2 is 1.10 bits per heavy atom. The summed E-state index contributed by atoms with van der Waals surface area (Å²) < 4.78 is 17.8. The Bertz CT molecular complexity index is 1020. The SMILES string of the molecule is CCN(CC)Cc1c(OC)ccc2c(=O)c3ccc(OC)c(CN(CC)CC)c3oc12. The molecule has 3 rings (SSSR count). The van der Waals surface area contributed by atoms with Gasteiger partial charge in [0, 0.05) is 13.1 Å². The number of hydrogen-bond donors (Lipinski definition) is 0. The summed E-state index contributed by atoms with van der Waals surface area (Å²) >= 11 is 0. The maximum absolute atomic E-state index is 13.5. The van der Waals surface area contributed by atoms with E-state index in [-0.39, 0.29) is 5.43 Å². The molecule has 1 heterocycles. The van der Waals surface area contributed by atoms with E-state index >= 15 is 0 Å². The number of methoxy groups -OCH3 is 2. The Morgan fingerprint density at radius 1 is 0.710 bits per heavy atom. The van der Waals surface area contributed by atoms with Crippen LogP contribution < -0.4 is 14.9 Å². The van der Waals surface area contributed by atoms with Crippen LogP contribution in [0.25, 0.3) is 21.9 Å². The quantitative estimate of drug-likeness (QED) is 0.440. The number of fused-ring (bicyclic) bond motifs is 2. The van der Waals surface area contributed by atoms with Gasteiger partial charge in [-0.25, -0.2) is 0 Å². The molecule has 0 spiro atoms. The number of rotatable bonds is 10. The van der Waals surface area contributed by atoms with Crippen LogP contribution in [0.1, 0.15) is 38.8 Å². The van der Waals surface area contributed by atoms with Crippen molar-refractivity contribution in [2.75, 3.05) is 40.4 Å². The Kier molecular flexibility index (Phi) is 7.57. The van der Waals surface area contributed by atoms with E-state index in [1.165, 1.54) is 0 Å². The largest absolute Gasteiger partial charge is 0.496 e. The first-order chi connectivity index (χ1) is 15.0. The Labute approximate surface area is 184 Å². The molecule has 0 aliphatic carbocycles. The lowest BCUT2D eigenvalue weighted by molar-refractivity contribution is 0.287. The van der Waals surface area contributed by atoms with Crippen molar-refractivity contribution in [2.24, 2.45) is 0 Å². The van der Waals surface area contributed by atoms with Gasteiger partial charge in [-0.05, 0) is 50.4 Å². The third-order valence-electron chi connectivity index (χ3n) is 6.12. The second kappa shape index (κ2) is 10.2. The van der Waals surface area contributed by atoms with Crippen molar-refractivity contribution in [3.63, 3.8) is 0 Å². The molecule has 0 saturated heterocycles. The van der Waals surface area contributed by atoms with Crippen LogP contribution in [-0.2, 0) is 13.1 Å². The molecule has 6 heteroatoms. The van der Waals surface area contributed by atoms with Crippen molar-refractivity contribution in [2.45, 2.75) is 40.8 Å². The molecule has 3 aromatic rings. The molecule has 0 saturated carbocycles. The molecule has 0 aliphatic heterocycles. The van der Waals surface area contributed by atoms with E-state index in [1.807, 2.05) is 12.1 Å². The monoisotopic (exact) mass is 426 g/mol. The lowest BCUT2D eigenvalue weighted by Gasteiger charge is -2.22. The fourth-order valence-electron chi connectivity index (χ4n) is 4.08. The van der Waals surface area contributed by atoms with Gasteiger partial charge in [0.05, 0.1) is 36.1 Å². The van der Waals surface area contributed by atoms with Crippen LogP contribution in [0.5, 0.6) is 11.5 Å². The van der Waals surface area contributed by atoms with Crippen LogP contribution in [-0.4, -0.2) is 50.2 Å². The average molecular weight is 427 g/mol. The molecule has 0 amide bonds. The highest BCUT2D eigenvalue weighted by Gasteiger charge is 2.21. The highest BCUT2D eigenvalue weighted by atomic mass is 16.5. The van der Waals surface area contributed by atoms with Crippen molar-refractivity contribution in [1.82, 2.24) is 9.80 Å². The van der Waals surface area contributed by atoms with Gasteiger partial charge < -0.3 is 13.9 Å². The minimum absolute atomic E-state index is 0.0249. The maximum Gasteiger partial charge on any atom is 0.200 e. The van der Waals surface area contributed by atoms with Crippen molar-refractivity contribution in [3.05, 3.63) is 45.6 Å². The lowest BCUT2D eigenvalue weighted by atomic mass is 10.0. The highest BCUT2D eigenvalue weighted by Crippen LogP contribution is 2.34. The number of ether oxygens (including phenoxy) is 2. The topological polar surface area (TPSA) is 55.1 Å². The molecular formula is C25H34N2O4. The van der Waals surface area contributed by atoms with Crippen LogP contribution >= 0.6 is 0 Å². The Balaban J connectivity index is 2.36. The number of hydrogen-bond acceptors (Lipinski definition) is 6. The van der Waals surface area contributed by atoms with E-state index in [0.29, 0.717) is 35.0 Å². The smallest absolute Gasteiger partial charge is 0.200 e. The Hall–Kier alpha value is -2.57. The van der Waals surface area contributed by atoms with Crippen LogP contribution in [0.15, 0.2) is 33.5 Å².